The van der Waals surface area contributed by atoms with Crippen molar-refractivity contribution >= 4 is 16.9 Å². The molecule has 0 bridgehead atoms. The highest BCUT2D eigenvalue weighted by Crippen LogP contribution is 2.17. The molecule has 3 rings (SSSR count). The molecule has 0 aliphatic rings. The van der Waals surface area contributed by atoms with Crippen molar-refractivity contribution in [3.05, 3.63) is 54.5 Å². The minimum atomic E-state index is 0.708. The van der Waals surface area contributed by atoms with Gasteiger partial charge in [0.25, 0.3) is 0 Å². The lowest BCUT2D eigenvalue weighted by Crippen LogP contribution is -2.07. The van der Waals surface area contributed by atoms with E-state index in [1.807, 2.05) is 24.3 Å². The second kappa shape index (κ2) is 6.17. The van der Waals surface area contributed by atoms with E-state index in [0.29, 0.717) is 5.65 Å². The molecule has 21 heavy (non-hydrogen) atoms. The van der Waals surface area contributed by atoms with Crippen LogP contribution in [0, 0.1) is 0 Å². The van der Waals surface area contributed by atoms with Crippen LogP contribution in [0.5, 0.6) is 5.75 Å². The molecule has 1 aromatic carbocycles. The van der Waals surface area contributed by atoms with E-state index in [2.05, 4.69) is 32.4 Å². The Bertz CT molecular complexity index is 722. The lowest BCUT2D eigenvalue weighted by atomic mass is 10.1. The summed E-state index contributed by atoms with van der Waals surface area (Å²) in [4.78, 5) is 12.7. The maximum absolute atomic E-state index is 5.15. The number of fused-ring (bicyclic) bond motifs is 1. The monoisotopic (exact) mass is 280 g/mol. The van der Waals surface area contributed by atoms with E-state index in [9.17, 15) is 0 Å². The molecular formula is C16H16N4O. The van der Waals surface area contributed by atoms with Crippen LogP contribution in [0.3, 0.4) is 0 Å². The number of methoxy groups -OCH3 is 1. The fraction of sp³-hybridized carbons (Fsp3) is 0.188. The van der Waals surface area contributed by atoms with Crippen molar-refractivity contribution in [3.8, 4) is 5.75 Å². The minimum absolute atomic E-state index is 0.708. The molecule has 0 aliphatic carbocycles. The Morgan fingerprint density at radius 3 is 2.71 bits per heavy atom. The van der Waals surface area contributed by atoms with Gasteiger partial charge >= 0.3 is 0 Å². The highest BCUT2D eigenvalue weighted by Gasteiger charge is 2.03. The second-order valence-electron chi connectivity index (χ2n) is 4.62. The predicted octanol–water partition coefficient (Wildman–Crippen LogP) is 2.69. The van der Waals surface area contributed by atoms with Gasteiger partial charge in [-0.2, -0.15) is 0 Å². The van der Waals surface area contributed by atoms with Crippen molar-refractivity contribution in [2.24, 2.45) is 0 Å². The number of ether oxygens (including phenoxy) is 1. The first kappa shape index (κ1) is 13.3. The predicted molar refractivity (Wildman–Crippen MR) is 82.5 cm³/mol. The molecule has 0 saturated heterocycles. The molecule has 2 aromatic heterocycles. The Labute approximate surface area is 123 Å². The van der Waals surface area contributed by atoms with Gasteiger partial charge in [0.2, 0.25) is 0 Å². The molecule has 5 nitrogen and oxygen atoms in total. The Hall–Kier alpha value is -2.69. The Morgan fingerprint density at radius 2 is 1.90 bits per heavy atom. The van der Waals surface area contributed by atoms with Gasteiger partial charge in [0.15, 0.2) is 5.65 Å². The number of rotatable bonds is 5. The molecule has 0 unspecified atom stereocenters. The summed E-state index contributed by atoms with van der Waals surface area (Å²) >= 11 is 0. The van der Waals surface area contributed by atoms with Gasteiger partial charge in [-0.15, -0.1) is 0 Å². The van der Waals surface area contributed by atoms with Crippen LogP contribution < -0.4 is 10.1 Å². The SMILES string of the molecule is COc1ccc(CCNc2ncnc3ncccc23)cc1. The maximum Gasteiger partial charge on any atom is 0.164 e. The van der Waals surface area contributed by atoms with E-state index in [4.69, 9.17) is 4.74 Å². The van der Waals surface area contributed by atoms with Crippen molar-refractivity contribution < 1.29 is 4.74 Å². The average Bonchev–Trinajstić information content (AvgIpc) is 2.56. The molecule has 1 N–H and O–H groups in total. The summed E-state index contributed by atoms with van der Waals surface area (Å²) in [5.74, 6) is 1.70. The van der Waals surface area contributed by atoms with E-state index in [-0.39, 0.29) is 0 Å². The van der Waals surface area contributed by atoms with Crippen molar-refractivity contribution in [2.45, 2.75) is 6.42 Å². The van der Waals surface area contributed by atoms with Gasteiger partial charge < -0.3 is 10.1 Å². The largest absolute Gasteiger partial charge is 0.497 e. The van der Waals surface area contributed by atoms with Crippen LogP contribution >= 0.6 is 0 Å². The first-order chi connectivity index (χ1) is 10.4. The molecule has 3 aromatic rings. The lowest BCUT2D eigenvalue weighted by molar-refractivity contribution is 0.414. The molecule has 0 saturated carbocycles. The van der Waals surface area contributed by atoms with Crippen molar-refractivity contribution in [1.29, 1.82) is 0 Å². The van der Waals surface area contributed by atoms with E-state index in [1.54, 1.807) is 13.3 Å². The van der Waals surface area contributed by atoms with Crippen LogP contribution in [0.2, 0.25) is 0 Å². The van der Waals surface area contributed by atoms with Crippen molar-refractivity contribution in [2.75, 3.05) is 19.0 Å². The van der Waals surface area contributed by atoms with Gasteiger partial charge in [-0.25, -0.2) is 15.0 Å². The summed E-state index contributed by atoms with van der Waals surface area (Å²) in [6.07, 6.45) is 4.18. The molecule has 0 radical (unpaired) electrons. The molecule has 0 aliphatic heterocycles. The topological polar surface area (TPSA) is 59.9 Å². The summed E-state index contributed by atoms with van der Waals surface area (Å²) in [5, 5.41) is 4.28. The van der Waals surface area contributed by atoms with Crippen molar-refractivity contribution in [3.63, 3.8) is 0 Å². The summed E-state index contributed by atoms with van der Waals surface area (Å²) in [5.41, 5.74) is 1.96. The van der Waals surface area contributed by atoms with Gasteiger partial charge in [-0.05, 0) is 36.2 Å². The highest BCUT2D eigenvalue weighted by molar-refractivity contribution is 5.85. The number of nitrogens with one attached hydrogen (secondary N) is 1. The third-order valence-corrected chi connectivity index (χ3v) is 3.27. The third-order valence-electron chi connectivity index (χ3n) is 3.27. The van der Waals surface area contributed by atoms with Crippen LogP contribution in [0.4, 0.5) is 5.82 Å². The average molecular weight is 280 g/mol. The van der Waals surface area contributed by atoms with Crippen molar-refractivity contribution in [1.82, 2.24) is 15.0 Å². The molecule has 2 heterocycles. The molecule has 0 amide bonds. The van der Waals surface area contributed by atoms with E-state index in [0.717, 1.165) is 29.9 Å². The second-order valence-corrected chi connectivity index (χ2v) is 4.62. The lowest BCUT2D eigenvalue weighted by Gasteiger charge is -2.08. The standard InChI is InChI=1S/C16H16N4O/c1-21-13-6-4-12(5-7-13)8-10-18-16-14-3-2-9-17-15(14)19-11-20-16/h2-7,9,11H,8,10H2,1H3,(H,17,18,19,20). The highest BCUT2D eigenvalue weighted by atomic mass is 16.5. The van der Waals surface area contributed by atoms with E-state index in [1.165, 1.54) is 11.9 Å². The zero-order valence-corrected chi connectivity index (χ0v) is 11.8. The molecule has 0 fully saturated rings. The molecule has 0 atom stereocenters. The fourth-order valence-corrected chi connectivity index (χ4v) is 2.15. The van der Waals surface area contributed by atoms with E-state index < -0.39 is 0 Å². The van der Waals surface area contributed by atoms with Gasteiger partial charge in [0.05, 0.1) is 12.5 Å². The number of hydrogen-bond acceptors (Lipinski definition) is 5. The quantitative estimate of drug-likeness (QED) is 0.778. The van der Waals surface area contributed by atoms with Gasteiger partial charge in [-0.1, -0.05) is 12.1 Å². The van der Waals surface area contributed by atoms with Crippen LogP contribution in [0.15, 0.2) is 48.9 Å². The van der Waals surface area contributed by atoms with Gasteiger partial charge in [-0.3, -0.25) is 0 Å². The number of hydrogen-bond donors (Lipinski definition) is 1. The molecule has 106 valence electrons. The van der Waals surface area contributed by atoms with Gasteiger partial charge in [0.1, 0.15) is 17.9 Å². The number of nitrogens with zero attached hydrogens (tertiary/aromatic N) is 3. The molecule has 5 heteroatoms. The van der Waals surface area contributed by atoms with Crippen LogP contribution in [0.25, 0.3) is 11.0 Å². The summed E-state index contributed by atoms with van der Waals surface area (Å²) in [7, 11) is 1.67. The zero-order valence-electron chi connectivity index (χ0n) is 11.8. The number of benzene rings is 1. The maximum atomic E-state index is 5.15. The fourth-order valence-electron chi connectivity index (χ4n) is 2.15. The Kier molecular flexibility index (Phi) is 3.91. The number of pyridine rings is 1. The third kappa shape index (κ3) is 3.08. The number of anilines is 1. The summed E-state index contributed by atoms with van der Waals surface area (Å²) in [6, 6.07) is 11.9. The van der Waals surface area contributed by atoms with Crippen LogP contribution in [-0.2, 0) is 6.42 Å². The Morgan fingerprint density at radius 1 is 1.05 bits per heavy atom. The first-order valence-electron chi connectivity index (χ1n) is 6.79. The Balaban J connectivity index is 1.66. The molecule has 0 spiro atoms. The smallest absolute Gasteiger partial charge is 0.164 e. The van der Waals surface area contributed by atoms with Gasteiger partial charge in [0, 0.05) is 12.7 Å². The van der Waals surface area contributed by atoms with E-state index >= 15 is 0 Å². The first-order valence-corrected chi connectivity index (χ1v) is 6.79. The zero-order chi connectivity index (χ0) is 14.5. The normalized spacial score (nSPS) is 10.5. The van der Waals surface area contributed by atoms with Crippen LogP contribution in [0.1, 0.15) is 5.56 Å². The minimum Gasteiger partial charge on any atom is -0.497 e. The molecular weight excluding hydrogens is 264 g/mol. The summed E-state index contributed by atoms with van der Waals surface area (Å²) < 4.78 is 5.15. The summed E-state index contributed by atoms with van der Waals surface area (Å²) in [6.45, 7) is 0.799. The number of aromatic nitrogens is 3. The van der Waals surface area contributed by atoms with Crippen LogP contribution in [-0.4, -0.2) is 28.6 Å².